The van der Waals surface area contributed by atoms with Gasteiger partial charge >= 0.3 is 0 Å². The summed E-state index contributed by atoms with van der Waals surface area (Å²) in [5, 5.41) is 7.61. The van der Waals surface area contributed by atoms with E-state index in [4.69, 9.17) is 4.98 Å². The minimum atomic E-state index is 0.836. The maximum atomic E-state index is 4.79. The zero-order valence-corrected chi connectivity index (χ0v) is 15.2. The predicted molar refractivity (Wildman–Crippen MR) is 94.6 cm³/mol. The lowest BCUT2D eigenvalue weighted by Crippen LogP contribution is -2.21. The number of rotatable bonds is 6. The second-order valence-corrected chi connectivity index (χ2v) is 7.59. The fourth-order valence-corrected chi connectivity index (χ4v) is 4.51. The molecular formula is C14H17BrN4S2. The van der Waals surface area contributed by atoms with Crippen LogP contribution in [0.1, 0.15) is 17.5 Å². The highest BCUT2D eigenvalue weighted by Gasteiger charge is 2.16. The lowest BCUT2D eigenvalue weighted by molar-refractivity contribution is 0.702. The summed E-state index contributed by atoms with van der Waals surface area (Å²) in [6.45, 7) is 4.79. The third-order valence-electron chi connectivity index (χ3n) is 3.26. The highest BCUT2D eigenvalue weighted by molar-refractivity contribution is 9.10. The van der Waals surface area contributed by atoms with Crippen molar-refractivity contribution in [1.29, 1.82) is 0 Å². The van der Waals surface area contributed by atoms with Gasteiger partial charge in [-0.05, 0) is 28.5 Å². The number of thiophene rings is 1. The summed E-state index contributed by atoms with van der Waals surface area (Å²) >= 11 is 6.96. The lowest BCUT2D eigenvalue weighted by Gasteiger charge is -2.17. The van der Waals surface area contributed by atoms with Crippen molar-refractivity contribution in [1.82, 2.24) is 14.7 Å². The van der Waals surface area contributed by atoms with Gasteiger partial charge in [0, 0.05) is 39.9 Å². The summed E-state index contributed by atoms with van der Waals surface area (Å²) < 4.78 is 3.33. The van der Waals surface area contributed by atoms with Gasteiger partial charge in [0.25, 0.3) is 0 Å². The van der Waals surface area contributed by atoms with E-state index in [0.29, 0.717) is 0 Å². The van der Waals surface area contributed by atoms with Gasteiger partial charge in [-0.2, -0.15) is 0 Å². The molecule has 3 rings (SSSR count). The first-order valence-electron chi connectivity index (χ1n) is 6.78. The standard InChI is InChI=1S/C14H17BrN4S2/c1-3-16-7-12-13(17-14-19(12)4-5-20-14)18(2)8-11-6-10(15)9-21-11/h4-6,9,16H,3,7-8H2,1-2H3. The molecule has 0 spiro atoms. The second-order valence-electron chi connectivity index (χ2n) is 4.81. The monoisotopic (exact) mass is 384 g/mol. The Balaban J connectivity index is 1.88. The van der Waals surface area contributed by atoms with Crippen molar-refractivity contribution < 1.29 is 0 Å². The molecule has 3 heterocycles. The molecule has 0 saturated heterocycles. The van der Waals surface area contributed by atoms with Crippen LogP contribution in [0.25, 0.3) is 4.96 Å². The SMILES string of the molecule is CCNCc1c(N(C)Cc2cc(Br)cs2)nc2sccn12. The number of aromatic nitrogens is 2. The van der Waals surface area contributed by atoms with Gasteiger partial charge in [-0.1, -0.05) is 6.92 Å². The van der Waals surface area contributed by atoms with Crippen LogP contribution in [0.5, 0.6) is 0 Å². The van der Waals surface area contributed by atoms with Crippen molar-refractivity contribution in [2.24, 2.45) is 0 Å². The number of thiazole rings is 1. The van der Waals surface area contributed by atoms with Crippen molar-refractivity contribution in [2.45, 2.75) is 20.0 Å². The molecule has 0 bridgehead atoms. The van der Waals surface area contributed by atoms with E-state index in [1.54, 1.807) is 22.7 Å². The van der Waals surface area contributed by atoms with E-state index in [2.05, 4.69) is 67.5 Å². The number of halogens is 1. The molecule has 0 aromatic carbocycles. The van der Waals surface area contributed by atoms with E-state index < -0.39 is 0 Å². The Morgan fingerprint density at radius 2 is 2.29 bits per heavy atom. The highest BCUT2D eigenvalue weighted by Crippen LogP contribution is 2.27. The number of anilines is 1. The molecule has 0 aliphatic carbocycles. The summed E-state index contributed by atoms with van der Waals surface area (Å²) in [5.74, 6) is 1.06. The Kier molecular flexibility index (Phi) is 4.63. The number of nitrogens with one attached hydrogen (secondary N) is 1. The van der Waals surface area contributed by atoms with Crippen LogP contribution < -0.4 is 10.2 Å². The molecular weight excluding hydrogens is 368 g/mol. The molecule has 0 unspecified atom stereocenters. The van der Waals surface area contributed by atoms with Gasteiger partial charge in [0.15, 0.2) is 10.8 Å². The smallest absolute Gasteiger partial charge is 0.195 e. The summed E-state index contributed by atoms with van der Waals surface area (Å²) in [5.41, 5.74) is 1.23. The van der Waals surface area contributed by atoms with Crippen molar-refractivity contribution in [3.05, 3.63) is 38.1 Å². The van der Waals surface area contributed by atoms with Crippen molar-refractivity contribution in [3.63, 3.8) is 0 Å². The predicted octanol–water partition coefficient (Wildman–Crippen LogP) is 3.97. The van der Waals surface area contributed by atoms with Gasteiger partial charge < -0.3 is 10.2 Å². The quantitative estimate of drug-likeness (QED) is 0.697. The van der Waals surface area contributed by atoms with Crippen molar-refractivity contribution >= 4 is 49.4 Å². The molecule has 0 amide bonds. The van der Waals surface area contributed by atoms with E-state index in [1.165, 1.54) is 10.6 Å². The topological polar surface area (TPSA) is 32.6 Å². The van der Waals surface area contributed by atoms with Gasteiger partial charge in [0.05, 0.1) is 12.2 Å². The second kappa shape index (κ2) is 6.48. The normalized spacial score (nSPS) is 11.4. The summed E-state index contributed by atoms with van der Waals surface area (Å²) in [7, 11) is 2.11. The lowest BCUT2D eigenvalue weighted by atomic mass is 10.3. The van der Waals surface area contributed by atoms with E-state index >= 15 is 0 Å². The van der Waals surface area contributed by atoms with Crippen LogP contribution in [0, 0.1) is 0 Å². The number of imidazole rings is 1. The molecule has 0 atom stereocenters. The van der Waals surface area contributed by atoms with Crippen LogP contribution in [-0.4, -0.2) is 23.0 Å². The first-order valence-corrected chi connectivity index (χ1v) is 9.33. The van der Waals surface area contributed by atoms with Gasteiger partial charge in [0.1, 0.15) is 0 Å². The number of hydrogen-bond donors (Lipinski definition) is 1. The zero-order chi connectivity index (χ0) is 14.8. The van der Waals surface area contributed by atoms with Gasteiger partial charge in [0.2, 0.25) is 0 Å². The maximum absolute atomic E-state index is 4.79. The Hall–Kier alpha value is -0.890. The van der Waals surface area contributed by atoms with Gasteiger partial charge in [-0.3, -0.25) is 4.40 Å². The molecule has 3 aromatic heterocycles. The number of nitrogens with zero attached hydrogens (tertiary/aromatic N) is 3. The average molecular weight is 385 g/mol. The fourth-order valence-electron chi connectivity index (χ4n) is 2.28. The Bertz CT molecular complexity index is 730. The molecule has 0 aliphatic rings. The van der Waals surface area contributed by atoms with Crippen LogP contribution in [-0.2, 0) is 13.1 Å². The van der Waals surface area contributed by atoms with Crippen LogP contribution in [0.15, 0.2) is 27.5 Å². The van der Waals surface area contributed by atoms with E-state index in [0.717, 1.165) is 34.9 Å². The largest absolute Gasteiger partial charge is 0.353 e. The molecule has 7 heteroatoms. The molecule has 112 valence electrons. The van der Waals surface area contributed by atoms with Crippen LogP contribution in [0.4, 0.5) is 5.82 Å². The molecule has 4 nitrogen and oxygen atoms in total. The van der Waals surface area contributed by atoms with Crippen LogP contribution >= 0.6 is 38.6 Å². The zero-order valence-electron chi connectivity index (χ0n) is 12.0. The Morgan fingerprint density at radius 3 is 3.00 bits per heavy atom. The maximum Gasteiger partial charge on any atom is 0.195 e. The summed E-state index contributed by atoms with van der Waals surface area (Å²) in [6, 6.07) is 2.17. The minimum absolute atomic E-state index is 0.836. The van der Waals surface area contributed by atoms with Crippen molar-refractivity contribution in [2.75, 3.05) is 18.5 Å². The number of hydrogen-bond acceptors (Lipinski definition) is 5. The highest BCUT2D eigenvalue weighted by atomic mass is 79.9. The Labute approximate surface area is 140 Å². The van der Waals surface area contributed by atoms with E-state index in [1.807, 2.05) is 0 Å². The van der Waals surface area contributed by atoms with E-state index in [9.17, 15) is 0 Å². The summed E-state index contributed by atoms with van der Waals surface area (Å²) in [4.78, 5) is 9.40. The van der Waals surface area contributed by atoms with E-state index in [-0.39, 0.29) is 0 Å². The summed E-state index contributed by atoms with van der Waals surface area (Å²) in [6.07, 6.45) is 2.10. The Morgan fingerprint density at radius 1 is 1.43 bits per heavy atom. The molecule has 0 saturated carbocycles. The molecule has 1 N–H and O–H groups in total. The molecule has 21 heavy (non-hydrogen) atoms. The first-order chi connectivity index (χ1) is 10.2. The van der Waals surface area contributed by atoms with Gasteiger partial charge in [-0.25, -0.2) is 4.98 Å². The average Bonchev–Trinajstić information content (AvgIpc) is 3.12. The third kappa shape index (κ3) is 3.15. The fraction of sp³-hybridized carbons (Fsp3) is 0.357. The van der Waals surface area contributed by atoms with Crippen LogP contribution in [0.2, 0.25) is 0 Å². The third-order valence-corrected chi connectivity index (χ3v) is 5.70. The molecule has 0 radical (unpaired) electrons. The van der Waals surface area contributed by atoms with Crippen molar-refractivity contribution in [3.8, 4) is 0 Å². The molecule has 0 aliphatic heterocycles. The van der Waals surface area contributed by atoms with Crippen LogP contribution in [0.3, 0.4) is 0 Å². The number of fused-ring (bicyclic) bond motifs is 1. The molecule has 0 fully saturated rings. The minimum Gasteiger partial charge on any atom is -0.353 e. The first kappa shape index (κ1) is 15.0. The van der Waals surface area contributed by atoms with Gasteiger partial charge in [-0.15, -0.1) is 22.7 Å². The molecule has 3 aromatic rings.